The highest BCUT2D eigenvalue weighted by Crippen LogP contribution is 2.32. The Hall–Kier alpha value is -2.82. The van der Waals surface area contributed by atoms with E-state index < -0.39 is 0 Å². The minimum atomic E-state index is -0.0612. The van der Waals surface area contributed by atoms with E-state index in [1.165, 1.54) is 5.56 Å². The van der Waals surface area contributed by atoms with Crippen LogP contribution in [0, 0.1) is 5.92 Å². The molecule has 4 rings (SSSR count). The summed E-state index contributed by atoms with van der Waals surface area (Å²) in [6.45, 7) is 4.62. The number of rotatable bonds is 4. The van der Waals surface area contributed by atoms with Gasteiger partial charge in [0, 0.05) is 25.6 Å². The maximum absolute atomic E-state index is 13.3. The Morgan fingerprint density at radius 2 is 1.64 bits per heavy atom. The highest BCUT2D eigenvalue weighted by atomic mass is 16.5. The standard InChI is InChI=1S/C28H36N2O3/c1-2-29-18-10-3-4-11-19-30(27(31)23-16-17-23)24(20-22-12-6-5-7-13-22)21-33-26-15-9-8-14-25(26)28(29)32/h5-9,12-15,23-24H,2-4,10-11,16-21H2,1H3/t24-/m0/s1. The summed E-state index contributed by atoms with van der Waals surface area (Å²) in [4.78, 5) is 30.5. The molecule has 0 unspecified atom stereocenters. The van der Waals surface area contributed by atoms with E-state index in [0.29, 0.717) is 24.5 Å². The molecule has 0 radical (unpaired) electrons. The molecule has 2 amide bonds. The van der Waals surface area contributed by atoms with Gasteiger partial charge in [0.2, 0.25) is 5.91 Å². The van der Waals surface area contributed by atoms with E-state index in [9.17, 15) is 9.59 Å². The third kappa shape index (κ3) is 6.16. The third-order valence-corrected chi connectivity index (χ3v) is 6.76. The van der Waals surface area contributed by atoms with Crippen molar-refractivity contribution >= 4 is 11.8 Å². The molecule has 0 spiro atoms. The van der Waals surface area contributed by atoms with Crippen LogP contribution in [0.15, 0.2) is 54.6 Å². The lowest BCUT2D eigenvalue weighted by molar-refractivity contribution is -0.135. The second-order valence-electron chi connectivity index (χ2n) is 9.26. The van der Waals surface area contributed by atoms with Crippen molar-refractivity contribution in [3.05, 3.63) is 65.7 Å². The smallest absolute Gasteiger partial charge is 0.257 e. The molecule has 176 valence electrons. The Labute approximate surface area is 197 Å². The van der Waals surface area contributed by atoms with Crippen molar-refractivity contribution in [3.63, 3.8) is 0 Å². The summed E-state index contributed by atoms with van der Waals surface area (Å²) >= 11 is 0. The van der Waals surface area contributed by atoms with E-state index in [1.807, 2.05) is 54.3 Å². The molecule has 0 aromatic heterocycles. The van der Waals surface area contributed by atoms with Gasteiger partial charge in [-0.25, -0.2) is 0 Å². The first-order valence-electron chi connectivity index (χ1n) is 12.5. The number of para-hydroxylation sites is 1. The Bertz CT molecular complexity index is 926. The fraction of sp³-hybridized carbons (Fsp3) is 0.500. The van der Waals surface area contributed by atoms with Crippen LogP contribution < -0.4 is 4.74 Å². The minimum Gasteiger partial charge on any atom is -0.491 e. The van der Waals surface area contributed by atoms with Crippen LogP contribution in [0.3, 0.4) is 0 Å². The number of fused-ring (bicyclic) bond motifs is 1. The number of carbonyl (C=O) groups excluding carboxylic acids is 2. The first-order chi connectivity index (χ1) is 16.2. The zero-order valence-corrected chi connectivity index (χ0v) is 19.7. The van der Waals surface area contributed by atoms with Gasteiger partial charge in [-0.1, -0.05) is 55.3 Å². The van der Waals surface area contributed by atoms with Crippen LogP contribution >= 0.6 is 0 Å². The van der Waals surface area contributed by atoms with E-state index in [0.717, 1.165) is 58.0 Å². The Morgan fingerprint density at radius 1 is 0.939 bits per heavy atom. The van der Waals surface area contributed by atoms with Crippen molar-refractivity contribution in [3.8, 4) is 5.75 Å². The molecule has 2 aliphatic rings. The van der Waals surface area contributed by atoms with Crippen molar-refractivity contribution in [2.45, 2.75) is 57.9 Å². The zero-order valence-electron chi connectivity index (χ0n) is 19.7. The fourth-order valence-corrected chi connectivity index (χ4v) is 4.65. The highest BCUT2D eigenvalue weighted by molar-refractivity contribution is 5.97. The molecule has 5 heteroatoms. The van der Waals surface area contributed by atoms with E-state index in [1.54, 1.807) is 0 Å². The molecular weight excluding hydrogens is 412 g/mol. The summed E-state index contributed by atoms with van der Waals surface area (Å²) < 4.78 is 6.32. The molecule has 1 atom stereocenters. The van der Waals surface area contributed by atoms with Crippen molar-refractivity contribution in [2.24, 2.45) is 5.92 Å². The first kappa shape index (κ1) is 23.3. The summed E-state index contributed by atoms with van der Waals surface area (Å²) in [6, 6.07) is 17.8. The number of hydrogen-bond donors (Lipinski definition) is 0. The molecular formula is C28H36N2O3. The normalized spacial score (nSPS) is 20.5. The maximum atomic E-state index is 13.3. The first-order valence-corrected chi connectivity index (χ1v) is 12.5. The average Bonchev–Trinajstić information content (AvgIpc) is 3.69. The number of hydrogen-bond acceptors (Lipinski definition) is 3. The molecule has 0 saturated heterocycles. The quantitative estimate of drug-likeness (QED) is 0.665. The predicted molar refractivity (Wildman–Crippen MR) is 130 cm³/mol. The monoisotopic (exact) mass is 448 g/mol. The van der Waals surface area contributed by atoms with Crippen LogP contribution in [0.1, 0.15) is 61.4 Å². The van der Waals surface area contributed by atoms with Crippen molar-refractivity contribution < 1.29 is 14.3 Å². The van der Waals surface area contributed by atoms with Gasteiger partial charge in [-0.15, -0.1) is 0 Å². The van der Waals surface area contributed by atoms with Gasteiger partial charge < -0.3 is 14.5 Å². The lowest BCUT2D eigenvalue weighted by Crippen LogP contribution is -2.46. The molecule has 2 aromatic carbocycles. The van der Waals surface area contributed by atoms with Crippen LogP contribution in [0.5, 0.6) is 5.75 Å². The molecule has 5 nitrogen and oxygen atoms in total. The van der Waals surface area contributed by atoms with Gasteiger partial charge in [0.15, 0.2) is 0 Å². The van der Waals surface area contributed by atoms with Gasteiger partial charge in [0.05, 0.1) is 11.6 Å². The molecule has 0 bridgehead atoms. The van der Waals surface area contributed by atoms with Gasteiger partial charge in [-0.2, -0.15) is 0 Å². The summed E-state index contributed by atoms with van der Waals surface area (Å²) in [5.74, 6) is 1.08. The predicted octanol–water partition coefficient (Wildman–Crippen LogP) is 4.95. The van der Waals surface area contributed by atoms with Gasteiger partial charge >= 0.3 is 0 Å². The third-order valence-electron chi connectivity index (χ3n) is 6.76. The van der Waals surface area contributed by atoms with Crippen LogP contribution in [-0.2, 0) is 11.2 Å². The molecule has 33 heavy (non-hydrogen) atoms. The molecule has 0 N–H and O–H groups in total. The summed E-state index contributed by atoms with van der Waals surface area (Å²) in [5, 5.41) is 0. The van der Waals surface area contributed by atoms with Gasteiger partial charge in [0.1, 0.15) is 12.4 Å². The summed E-state index contributed by atoms with van der Waals surface area (Å²) in [5.41, 5.74) is 1.80. The van der Waals surface area contributed by atoms with Gasteiger partial charge in [0.25, 0.3) is 5.91 Å². The SMILES string of the molecule is CCN1CCCCCCN(C(=O)C2CC2)[C@@H](Cc2ccccc2)COc2ccccc2C1=O. The van der Waals surface area contributed by atoms with Crippen LogP contribution in [0.4, 0.5) is 0 Å². The number of carbonyl (C=O) groups is 2. The number of benzene rings is 2. The van der Waals surface area contributed by atoms with Crippen LogP contribution in [-0.4, -0.2) is 53.9 Å². The lowest BCUT2D eigenvalue weighted by atomic mass is 10.0. The molecule has 1 aliphatic heterocycles. The molecule has 1 aliphatic carbocycles. The number of amides is 2. The topological polar surface area (TPSA) is 49.9 Å². The second kappa shape index (κ2) is 11.4. The summed E-state index contributed by atoms with van der Waals surface area (Å²) in [6.07, 6.45) is 6.84. The van der Waals surface area contributed by atoms with Gasteiger partial charge in [-0.3, -0.25) is 9.59 Å². The number of ether oxygens (including phenoxy) is 1. The Kier molecular flexibility index (Phi) is 8.03. The largest absolute Gasteiger partial charge is 0.491 e. The Morgan fingerprint density at radius 3 is 2.36 bits per heavy atom. The van der Waals surface area contributed by atoms with Gasteiger partial charge in [-0.05, 0) is 56.7 Å². The fourth-order valence-electron chi connectivity index (χ4n) is 4.65. The molecule has 1 fully saturated rings. The molecule has 1 heterocycles. The summed E-state index contributed by atoms with van der Waals surface area (Å²) in [7, 11) is 0. The van der Waals surface area contributed by atoms with Crippen LogP contribution in [0.25, 0.3) is 0 Å². The maximum Gasteiger partial charge on any atom is 0.257 e. The van der Waals surface area contributed by atoms with E-state index in [2.05, 4.69) is 17.0 Å². The highest BCUT2D eigenvalue weighted by Gasteiger charge is 2.36. The minimum absolute atomic E-state index is 0.0238. The van der Waals surface area contributed by atoms with Crippen molar-refractivity contribution in [2.75, 3.05) is 26.2 Å². The lowest BCUT2D eigenvalue weighted by Gasteiger charge is -2.33. The van der Waals surface area contributed by atoms with Crippen molar-refractivity contribution in [1.29, 1.82) is 0 Å². The van der Waals surface area contributed by atoms with E-state index in [-0.39, 0.29) is 23.8 Å². The average molecular weight is 449 g/mol. The molecule has 1 saturated carbocycles. The van der Waals surface area contributed by atoms with Crippen molar-refractivity contribution in [1.82, 2.24) is 9.80 Å². The number of nitrogens with zero attached hydrogens (tertiary/aromatic N) is 2. The zero-order chi connectivity index (χ0) is 23.0. The Balaban J connectivity index is 1.63. The van der Waals surface area contributed by atoms with E-state index in [4.69, 9.17) is 4.74 Å². The second-order valence-corrected chi connectivity index (χ2v) is 9.26. The van der Waals surface area contributed by atoms with E-state index >= 15 is 0 Å². The molecule has 2 aromatic rings. The van der Waals surface area contributed by atoms with Crippen LogP contribution in [0.2, 0.25) is 0 Å².